The van der Waals surface area contributed by atoms with Gasteiger partial charge in [0.2, 0.25) is 0 Å². The minimum absolute atomic E-state index is 0.0237. The Kier molecular flexibility index (Phi) is 3.92. The van der Waals surface area contributed by atoms with E-state index in [2.05, 4.69) is 20.5 Å². The van der Waals surface area contributed by atoms with Crippen molar-refractivity contribution in [3.63, 3.8) is 0 Å². The van der Waals surface area contributed by atoms with Gasteiger partial charge < -0.3 is 0 Å². The van der Waals surface area contributed by atoms with E-state index < -0.39 is 4.92 Å². The van der Waals surface area contributed by atoms with Crippen LogP contribution in [-0.4, -0.2) is 21.1 Å². The number of fused-ring (bicyclic) bond motifs is 1. The van der Waals surface area contributed by atoms with Crippen LogP contribution in [-0.2, 0) is 0 Å². The normalized spacial score (nSPS) is 11.0. The molecule has 2 aromatic carbocycles. The van der Waals surface area contributed by atoms with Crippen molar-refractivity contribution >= 4 is 28.8 Å². The SMILES string of the molecule is Cc1nc2ccccc2nc1NN=Cc1cccc([N+](=O)[O-])c1. The van der Waals surface area contributed by atoms with Gasteiger partial charge in [0.25, 0.3) is 5.69 Å². The van der Waals surface area contributed by atoms with Crippen molar-refractivity contribution in [1.82, 2.24) is 9.97 Å². The molecule has 114 valence electrons. The largest absolute Gasteiger partial charge is 0.270 e. The van der Waals surface area contributed by atoms with Gasteiger partial charge in [-0.25, -0.2) is 9.97 Å². The summed E-state index contributed by atoms with van der Waals surface area (Å²) in [4.78, 5) is 19.2. The Labute approximate surface area is 131 Å². The number of benzene rings is 2. The quantitative estimate of drug-likeness (QED) is 0.453. The molecule has 0 aliphatic rings. The summed E-state index contributed by atoms with van der Waals surface area (Å²) in [5, 5.41) is 14.8. The minimum Gasteiger partial charge on any atom is -0.260 e. The first kappa shape index (κ1) is 14.6. The first-order valence-corrected chi connectivity index (χ1v) is 6.90. The predicted molar refractivity (Wildman–Crippen MR) is 88.6 cm³/mol. The van der Waals surface area contributed by atoms with E-state index in [1.807, 2.05) is 31.2 Å². The van der Waals surface area contributed by atoms with Gasteiger partial charge in [-0.3, -0.25) is 15.5 Å². The zero-order valence-electron chi connectivity index (χ0n) is 12.3. The zero-order valence-corrected chi connectivity index (χ0v) is 12.3. The molecule has 3 aromatic rings. The highest BCUT2D eigenvalue weighted by molar-refractivity contribution is 5.81. The summed E-state index contributed by atoms with van der Waals surface area (Å²) in [7, 11) is 0. The van der Waals surface area contributed by atoms with E-state index in [1.54, 1.807) is 12.1 Å². The van der Waals surface area contributed by atoms with Gasteiger partial charge in [0.05, 0.1) is 27.9 Å². The topological polar surface area (TPSA) is 93.3 Å². The fourth-order valence-corrected chi connectivity index (χ4v) is 2.08. The minimum atomic E-state index is -0.441. The van der Waals surface area contributed by atoms with Crippen molar-refractivity contribution < 1.29 is 4.92 Å². The van der Waals surface area contributed by atoms with Gasteiger partial charge in [-0.1, -0.05) is 24.3 Å². The molecule has 1 aromatic heterocycles. The van der Waals surface area contributed by atoms with E-state index in [1.165, 1.54) is 18.3 Å². The summed E-state index contributed by atoms with van der Waals surface area (Å²) < 4.78 is 0. The summed E-state index contributed by atoms with van der Waals surface area (Å²) >= 11 is 0. The fourth-order valence-electron chi connectivity index (χ4n) is 2.08. The Bertz CT molecular complexity index is 908. The Balaban J connectivity index is 1.81. The summed E-state index contributed by atoms with van der Waals surface area (Å²) in [6.07, 6.45) is 1.50. The zero-order chi connectivity index (χ0) is 16.2. The maximum absolute atomic E-state index is 10.7. The Morgan fingerprint density at radius 1 is 1.13 bits per heavy atom. The maximum Gasteiger partial charge on any atom is 0.270 e. The van der Waals surface area contributed by atoms with Gasteiger partial charge in [-0.15, -0.1) is 0 Å². The second-order valence-corrected chi connectivity index (χ2v) is 4.87. The molecule has 0 saturated heterocycles. The van der Waals surface area contributed by atoms with Crippen LogP contribution in [0.25, 0.3) is 11.0 Å². The third-order valence-corrected chi connectivity index (χ3v) is 3.21. The van der Waals surface area contributed by atoms with Crippen molar-refractivity contribution in [2.24, 2.45) is 5.10 Å². The summed E-state index contributed by atoms with van der Waals surface area (Å²) in [6, 6.07) is 13.8. The van der Waals surface area contributed by atoms with Gasteiger partial charge in [-0.05, 0) is 19.1 Å². The number of nitrogens with zero attached hydrogens (tertiary/aromatic N) is 4. The number of nitro benzene ring substituents is 1. The van der Waals surface area contributed by atoms with E-state index in [0.717, 1.165) is 16.7 Å². The van der Waals surface area contributed by atoms with E-state index >= 15 is 0 Å². The number of hydrazone groups is 1. The van der Waals surface area contributed by atoms with Crippen LogP contribution in [0.3, 0.4) is 0 Å². The maximum atomic E-state index is 10.7. The smallest absolute Gasteiger partial charge is 0.260 e. The van der Waals surface area contributed by atoms with E-state index in [4.69, 9.17) is 0 Å². The molecule has 0 aliphatic carbocycles. The number of nitro groups is 1. The molecular weight excluding hydrogens is 294 g/mol. The van der Waals surface area contributed by atoms with Gasteiger partial charge in [0.1, 0.15) is 0 Å². The molecule has 0 bridgehead atoms. The first-order chi connectivity index (χ1) is 11.1. The molecule has 7 heteroatoms. The highest BCUT2D eigenvalue weighted by Crippen LogP contribution is 2.16. The highest BCUT2D eigenvalue weighted by Gasteiger charge is 2.05. The van der Waals surface area contributed by atoms with Gasteiger partial charge in [-0.2, -0.15) is 5.10 Å². The molecule has 0 aliphatic heterocycles. The molecule has 0 radical (unpaired) electrons. The lowest BCUT2D eigenvalue weighted by molar-refractivity contribution is -0.384. The molecule has 0 fully saturated rings. The van der Waals surface area contributed by atoms with Crippen LogP contribution in [0.5, 0.6) is 0 Å². The lowest BCUT2D eigenvalue weighted by Gasteiger charge is -2.05. The summed E-state index contributed by atoms with van der Waals surface area (Å²) in [6.45, 7) is 1.84. The number of aryl methyl sites for hydroxylation is 1. The van der Waals surface area contributed by atoms with E-state index in [0.29, 0.717) is 11.4 Å². The summed E-state index contributed by atoms with van der Waals surface area (Å²) in [5.41, 5.74) is 5.78. The predicted octanol–water partition coefficient (Wildman–Crippen LogP) is 3.29. The number of non-ortho nitro benzene ring substituents is 1. The molecule has 7 nitrogen and oxygen atoms in total. The van der Waals surface area contributed by atoms with Crippen molar-refractivity contribution in [2.45, 2.75) is 6.92 Å². The van der Waals surface area contributed by atoms with Crippen molar-refractivity contribution in [3.05, 3.63) is 69.9 Å². The van der Waals surface area contributed by atoms with Crippen LogP contribution >= 0.6 is 0 Å². The van der Waals surface area contributed by atoms with E-state index in [9.17, 15) is 10.1 Å². The van der Waals surface area contributed by atoms with Crippen LogP contribution in [0.2, 0.25) is 0 Å². The molecule has 0 spiro atoms. The third kappa shape index (κ3) is 3.29. The number of nitrogens with one attached hydrogen (secondary N) is 1. The molecule has 0 atom stereocenters. The summed E-state index contributed by atoms with van der Waals surface area (Å²) in [5.74, 6) is 0.547. The number of aromatic nitrogens is 2. The number of para-hydroxylation sites is 2. The lowest BCUT2D eigenvalue weighted by atomic mass is 10.2. The molecular formula is C16H13N5O2. The monoisotopic (exact) mass is 307 g/mol. The highest BCUT2D eigenvalue weighted by atomic mass is 16.6. The molecule has 0 saturated carbocycles. The van der Waals surface area contributed by atoms with Crippen LogP contribution < -0.4 is 5.43 Å². The van der Waals surface area contributed by atoms with Crippen molar-refractivity contribution in [1.29, 1.82) is 0 Å². The van der Waals surface area contributed by atoms with Crippen LogP contribution in [0.1, 0.15) is 11.3 Å². The average molecular weight is 307 g/mol. The number of hydrogen-bond acceptors (Lipinski definition) is 6. The molecule has 23 heavy (non-hydrogen) atoms. The average Bonchev–Trinajstić information content (AvgIpc) is 2.55. The second-order valence-electron chi connectivity index (χ2n) is 4.87. The molecule has 1 N–H and O–H groups in total. The first-order valence-electron chi connectivity index (χ1n) is 6.90. The number of anilines is 1. The second kappa shape index (κ2) is 6.18. The standard InChI is InChI=1S/C16H13N5O2/c1-11-16(19-15-8-3-2-7-14(15)18-11)20-17-10-12-5-4-6-13(9-12)21(22)23/h2-10H,1H3,(H,19,20). The van der Waals surface area contributed by atoms with E-state index in [-0.39, 0.29) is 5.69 Å². The molecule has 0 unspecified atom stereocenters. The molecule has 1 heterocycles. The van der Waals surface area contributed by atoms with Crippen LogP contribution in [0, 0.1) is 17.0 Å². The Morgan fingerprint density at radius 2 is 1.87 bits per heavy atom. The number of rotatable bonds is 4. The van der Waals surface area contributed by atoms with Crippen molar-refractivity contribution in [3.8, 4) is 0 Å². The van der Waals surface area contributed by atoms with Gasteiger partial charge in [0.15, 0.2) is 5.82 Å². The van der Waals surface area contributed by atoms with Crippen LogP contribution in [0.15, 0.2) is 53.6 Å². The number of hydrogen-bond donors (Lipinski definition) is 1. The van der Waals surface area contributed by atoms with Crippen molar-refractivity contribution in [2.75, 3.05) is 5.43 Å². The Morgan fingerprint density at radius 3 is 2.61 bits per heavy atom. The van der Waals surface area contributed by atoms with Gasteiger partial charge >= 0.3 is 0 Å². The molecule has 0 amide bonds. The van der Waals surface area contributed by atoms with Gasteiger partial charge in [0, 0.05) is 17.7 Å². The molecule has 3 rings (SSSR count). The fraction of sp³-hybridized carbons (Fsp3) is 0.0625. The Hall–Kier alpha value is -3.35. The third-order valence-electron chi connectivity index (χ3n) is 3.21. The van der Waals surface area contributed by atoms with Crippen LogP contribution in [0.4, 0.5) is 11.5 Å². The lowest BCUT2D eigenvalue weighted by Crippen LogP contribution is -1.99.